The average Bonchev–Trinajstić information content (AvgIpc) is 2.71. The first-order valence-corrected chi connectivity index (χ1v) is 8.92. The Kier molecular flexibility index (Phi) is 6.10. The van der Waals surface area contributed by atoms with Gasteiger partial charge in [0.1, 0.15) is 11.5 Å². The largest absolute Gasteiger partial charge is 0.508 e. The van der Waals surface area contributed by atoms with E-state index in [1.165, 1.54) is 0 Å². The maximum atomic E-state index is 10.0. The molecule has 0 amide bonds. The molecule has 0 spiro atoms. The molecular formula is C21H24N4O2. The number of hydrogen-bond acceptors (Lipinski definition) is 4. The van der Waals surface area contributed by atoms with Crippen LogP contribution in [-0.4, -0.2) is 29.7 Å². The van der Waals surface area contributed by atoms with Gasteiger partial charge in [-0.3, -0.25) is 4.98 Å². The molecule has 1 heterocycles. The number of benzene rings is 2. The lowest BCUT2D eigenvalue weighted by molar-refractivity contribution is 0.411. The molecule has 0 unspecified atom stereocenters. The van der Waals surface area contributed by atoms with Gasteiger partial charge in [0.25, 0.3) is 0 Å². The highest BCUT2D eigenvalue weighted by Crippen LogP contribution is 2.23. The molecule has 1 aromatic heterocycles. The van der Waals surface area contributed by atoms with E-state index >= 15 is 0 Å². The summed E-state index contributed by atoms with van der Waals surface area (Å²) in [5.74, 6) is 1.58. The van der Waals surface area contributed by atoms with Crippen LogP contribution in [0.1, 0.15) is 18.1 Å². The third kappa shape index (κ3) is 4.67. The van der Waals surface area contributed by atoms with Crippen molar-refractivity contribution < 1.29 is 9.84 Å². The van der Waals surface area contributed by atoms with Crippen LogP contribution in [0.2, 0.25) is 0 Å². The molecule has 0 bridgehead atoms. The first-order valence-electron chi connectivity index (χ1n) is 8.92. The number of aliphatic imine (C=N–C) groups is 1. The highest BCUT2D eigenvalue weighted by Gasteiger charge is 2.06. The predicted octanol–water partition coefficient (Wildman–Crippen LogP) is 3.20. The molecule has 0 aliphatic carbocycles. The zero-order valence-corrected chi connectivity index (χ0v) is 15.6. The molecule has 6 nitrogen and oxygen atoms in total. The summed E-state index contributed by atoms with van der Waals surface area (Å²) in [4.78, 5) is 8.97. The van der Waals surface area contributed by atoms with Crippen molar-refractivity contribution in [3.63, 3.8) is 0 Å². The Bertz CT molecular complexity index is 935. The molecule has 0 fully saturated rings. The Morgan fingerprint density at radius 3 is 2.78 bits per heavy atom. The maximum absolute atomic E-state index is 10.0. The summed E-state index contributed by atoms with van der Waals surface area (Å²) in [6.07, 6.45) is 1.82. The minimum absolute atomic E-state index is 0.204. The van der Waals surface area contributed by atoms with Crippen molar-refractivity contribution in [2.24, 2.45) is 4.99 Å². The van der Waals surface area contributed by atoms with E-state index in [2.05, 4.69) is 26.7 Å². The van der Waals surface area contributed by atoms with E-state index in [-0.39, 0.29) is 5.75 Å². The molecule has 0 aliphatic heterocycles. The molecule has 0 aliphatic rings. The van der Waals surface area contributed by atoms with Gasteiger partial charge in [0.15, 0.2) is 5.96 Å². The van der Waals surface area contributed by atoms with Gasteiger partial charge in [0.05, 0.1) is 19.2 Å². The number of pyridine rings is 1. The zero-order chi connectivity index (χ0) is 19.1. The monoisotopic (exact) mass is 364 g/mol. The SMILES string of the molecule is CCNC(=NCc1cc(OC)ccc1O)NCc1ccnc2ccccc12. The summed E-state index contributed by atoms with van der Waals surface area (Å²) in [6, 6.07) is 15.2. The van der Waals surface area contributed by atoms with Gasteiger partial charge in [0, 0.05) is 30.2 Å². The second-order valence-electron chi connectivity index (χ2n) is 6.03. The first-order chi connectivity index (χ1) is 13.2. The second kappa shape index (κ2) is 8.89. The van der Waals surface area contributed by atoms with Crippen LogP contribution in [0.4, 0.5) is 0 Å². The normalized spacial score (nSPS) is 11.4. The van der Waals surface area contributed by atoms with Crippen molar-refractivity contribution in [3.05, 3.63) is 65.9 Å². The van der Waals surface area contributed by atoms with Crippen molar-refractivity contribution in [1.82, 2.24) is 15.6 Å². The van der Waals surface area contributed by atoms with Crippen LogP contribution in [0.5, 0.6) is 11.5 Å². The standard InChI is InChI=1S/C21H24N4O2/c1-3-22-21(25-14-16-12-17(27-2)8-9-20(16)26)24-13-15-10-11-23-19-7-5-4-6-18(15)19/h4-12,26H,3,13-14H2,1-2H3,(H2,22,24,25). The molecule has 0 atom stereocenters. The van der Waals surface area contributed by atoms with Gasteiger partial charge in [-0.15, -0.1) is 0 Å². The van der Waals surface area contributed by atoms with Crippen LogP contribution in [0, 0.1) is 0 Å². The van der Waals surface area contributed by atoms with Crippen LogP contribution in [0.25, 0.3) is 10.9 Å². The molecule has 140 valence electrons. The van der Waals surface area contributed by atoms with E-state index in [0.29, 0.717) is 30.4 Å². The number of nitrogens with one attached hydrogen (secondary N) is 2. The van der Waals surface area contributed by atoms with Gasteiger partial charge < -0.3 is 20.5 Å². The number of para-hydroxylation sites is 1. The Balaban J connectivity index is 1.74. The van der Waals surface area contributed by atoms with Crippen molar-refractivity contribution in [3.8, 4) is 11.5 Å². The van der Waals surface area contributed by atoms with Crippen LogP contribution >= 0.6 is 0 Å². The van der Waals surface area contributed by atoms with Crippen LogP contribution in [0.3, 0.4) is 0 Å². The zero-order valence-electron chi connectivity index (χ0n) is 15.6. The number of aromatic hydroxyl groups is 1. The van der Waals surface area contributed by atoms with Gasteiger partial charge >= 0.3 is 0 Å². The fourth-order valence-corrected chi connectivity index (χ4v) is 2.81. The second-order valence-corrected chi connectivity index (χ2v) is 6.03. The van der Waals surface area contributed by atoms with E-state index in [4.69, 9.17) is 4.74 Å². The Morgan fingerprint density at radius 2 is 1.96 bits per heavy atom. The number of guanidine groups is 1. The highest BCUT2D eigenvalue weighted by molar-refractivity contribution is 5.83. The van der Waals surface area contributed by atoms with Gasteiger partial charge in [-0.05, 0) is 42.8 Å². The molecule has 3 rings (SSSR count). The number of fused-ring (bicyclic) bond motifs is 1. The average molecular weight is 364 g/mol. The van der Waals surface area contributed by atoms with Gasteiger partial charge in [0.2, 0.25) is 0 Å². The number of nitrogens with zero attached hydrogens (tertiary/aromatic N) is 2. The Hall–Kier alpha value is -3.28. The third-order valence-electron chi connectivity index (χ3n) is 4.22. The highest BCUT2D eigenvalue weighted by atomic mass is 16.5. The molecular weight excluding hydrogens is 340 g/mol. The van der Waals surface area contributed by atoms with Gasteiger partial charge in [-0.1, -0.05) is 18.2 Å². The quantitative estimate of drug-likeness (QED) is 0.462. The fraction of sp³-hybridized carbons (Fsp3) is 0.238. The van der Waals surface area contributed by atoms with E-state index in [9.17, 15) is 5.11 Å². The Labute approximate surface area is 158 Å². The van der Waals surface area contributed by atoms with E-state index in [1.807, 2.05) is 37.4 Å². The smallest absolute Gasteiger partial charge is 0.191 e. The van der Waals surface area contributed by atoms with Crippen molar-refractivity contribution >= 4 is 16.9 Å². The lowest BCUT2D eigenvalue weighted by Crippen LogP contribution is -2.36. The molecule has 3 aromatic rings. The number of aromatic nitrogens is 1. The number of hydrogen-bond donors (Lipinski definition) is 3. The summed E-state index contributed by atoms with van der Waals surface area (Å²) in [5.41, 5.74) is 2.83. The number of methoxy groups -OCH3 is 1. The number of phenolic OH excluding ortho intramolecular Hbond substituents is 1. The minimum atomic E-state index is 0.204. The van der Waals surface area contributed by atoms with Crippen molar-refractivity contribution in [1.29, 1.82) is 0 Å². The van der Waals surface area contributed by atoms with Crippen LogP contribution in [0.15, 0.2) is 59.7 Å². The van der Waals surface area contributed by atoms with Crippen molar-refractivity contribution in [2.45, 2.75) is 20.0 Å². The molecule has 0 saturated heterocycles. The predicted molar refractivity (Wildman–Crippen MR) is 108 cm³/mol. The maximum Gasteiger partial charge on any atom is 0.191 e. The number of phenols is 1. The van der Waals surface area contributed by atoms with E-state index in [1.54, 1.807) is 25.3 Å². The van der Waals surface area contributed by atoms with E-state index < -0.39 is 0 Å². The van der Waals surface area contributed by atoms with Crippen LogP contribution < -0.4 is 15.4 Å². The summed E-state index contributed by atoms with van der Waals surface area (Å²) in [7, 11) is 1.60. The van der Waals surface area contributed by atoms with Crippen molar-refractivity contribution in [2.75, 3.05) is 13.7 Å². The molecule has 0 radical (unpaired) electrons. The number of rotatable bonds is 6. The van der Waals surface area contributed by atoms with Gasteiger partial charge in [-0.25, -0.2) is 4.99 Å². The molecule has 27 heavy (non-hydrogen) atoms. The van der Waals surface area contributed by atoms with Crippen LogP contribution in [-0.2, 0) is 13.1 Å². The van der Waals surface area contributed by atoms with Gasteiger partial charge in [-0.2, -0.15) is 0 Å². The number of ether oxygens (including phenoxy) is 1. The third-order valence-corrected chi connectivity index (χ3v) is 4.22. The summed E-state index contributed by atoms with van der Waals surface area (Å²) >= 11 is 0. The molecule has 3 N–H and O–H groups in total. The fourth-order valence-electron chi connectivity index (χ4n) is 2.81. The lowest BCUT2D eigenvalue weighted by atomic mass is 10.1. The summed E-state index contributed by atoms with van der Waals surface area (Å²) in [6.45, 7) is 3.73. The Morgan fingerprint density at radius 1 is 1.11 bits per heavy atom. The van der Waals surface area contributed by atoms with E-state index in [0.717, 1.165) is 23.0 Å². The lowest BCUT2D eigenvalue weighted by Gasteiger charge is -2.13. The summed E-state index contributed by atoms with van der Waals surface area (Å²) < 4.78 is 5.21. The summed E-state index contributed by atoms with van der Waals surface area (Å²) in [5, 5.41) is 17.7. The first kappa shape index (κ1) is 18.5. The topological polar surface area (TPSA) is 78.8 Å². The molecule has 0 saturated carbocycles. The molecule has 2 aromatic carbocycles. The minimum Gasteiger partial charge on any atom is -0.508 e. The molecule has 6 heteroatoms.